The van der Waals surface area contributed by atoms with E-state index in [9.17, 15) is 39.6 Å². The molecule has 6 heterocycles. The predicted octanol–water partition coefficient (Wildman–Crippen LogP) is 2.81. The Kier molecular flexibility index (Phi) is 56.0. The van der Waals surface area contributed by atoms with Crippen molar-refractivity contribution in [1.29, 1.82) is 0 Å². The number of hydrogen-bond donors (Lipinski definition) is 0. The van der Waals surface area contributed by atoms with Gasteiger partial charge >= 0.3 is 34.1 Å². The first-order chi connectivity index (χ1) is 36.8. The first-order valence-corrected chi connectivity index (χ1v) is 27.9. The molecule has 0 saturated carbocycles. The van der Waals surface area contributed by atoms with E-state index in [4.69, 9.17) is 56.8 Å². The average Bonchev–Trinajstić information content (AvgIpc) is 3.47. The van der Waals surface area contributed by atoms with Crippen molar-refractivity contribution < 1.29 is 131 Å². The minimum atomic E-state index is -1.13. The van der Waals surface area contributed by atoms with E-state index in [1.165, 1.54) is 24.3 Å². The van der Waals surface area contributed by atoms with Gasteiger partial charge in [-0.3, -0.25) is 0 Å². The Bertz CT molecular complexity index is 1730. The number of carbonyl (C=O) groups excluding carboxylic acids is 4. The van der Waals surface area contributed by atoms with Crippen molar-refractivity contribution in [3.05, 3.63) is 134 Å². The maximum absolute atomic E-state index is 10.2. The Hall–Kier alpha value is -1.76. The standard InChI is InChI=1S/4C7H5IO2.6C4H8O2.2Cu/c4*8-6-3-1-2-5(4-6)7(9)10;6*1-2-6-4-3-5-1;;/h4*1-4H,(H,9,10);6*1-4H2;;/q;;;;;;;;;;2*+2/p-4. The van der Waals surface area contributed by atoms with Gasteiger partial charge in [-0.2, -0.15) is 0 Å². The third-order valence-corrected chi connectivity index (χ3v) is 11.4. The fourth-order valence-corrected chi connectivity index (χ4v) is 7.27. The van der Waals surface area contributed by atoms with Crippen molar-refractivity contribution in [3.8, 4) is 0 Å². The number of benzene rings is 4. The Labute approximate surface area is 531 Å². The molecule has 0 spiro atoms. The fourth-order valence-electron chi connectivity index (χ4n) is 5.10. The van der Waals surface area contributed by atoms with Gasteiger partial charge in [-0.15, -0.1) is 0 Å². The molecule has 20 nitrogen and oxygen atoms in total. The molecule has 6 aliphatic rings. The maximum Gasteiger partial charge on any atom is 2.00 e. The van der Waals surface area contributed by atoms with Crippen LogP contribution in [0.3, 0.4) is 0 Å². The summed E-state index contributed by atoms with van der Waals surface area (Å²) < 4.78 is 62.9. The van der Waals surface area contributed by atoms with Crippen molar-refractivity contribution in [2.24, 2.45) is 0 Å². The second-order valence-corrected chi connectivity index (χ2v) is 19.5. The molecule has 78 heavy (non-hydrogen) atoms. The molecule has 0 atom stereocenters. The SMILES string of the molecule is C1COCCO1.C1COCCO1.C1COCCO1.C1COCCO1.C1COCCO1.C1COCCO1.O=C([O-])c1cccc(I)c1.O=C([O-])c1cccc(I)c1.O=C([O-])c1cccc(I)c1.O=C([O-])c1cccc(I)c1.[Cu+2].[Cu+2]. The summed E-state index contributed by atoms with van der Waals surface area (Å²) >= 11 is 8.19. The summed E-state index contributed by atoms with van der Waals surface area (Å²) in [6.07, 6.45) is 0. The van der Waals surface area contributed by atoms with Gasteiger partial charge in [0.25, 0.3) is 0 Å². The second kappa shape index (κ2) is 55.8. The largest absolute Gasteiger partial charge is 2.00 e. The molecule has 4 aromatic rings. The molecule has 442 valence electrons. The van der Waals surface area contributed by atoms with Crippen LogP contribution in [0, 0.1) is 14.3 Å². The summed E-state index contributed by atoms with van der Waals surface area (Å²) in [6, 6.07) is 26.4. The number of carbonyl (C=O) groups is 4. The fraction of sp³-hybridized carbons (Fsp3) is 0.462. The van der Waals surface area contributed by atoms with Crippen LogP contribution in [-0.2, 0) is 91.0 Å². The van der Waals surface area contributed by atoms with Crippen molar-refractivity contribution in [2.75, 3.05) is 159 Å². The molecule has 2 radical (unpaired) electrons. The molecule has 0 unspecified atom stereocenters. The van der Waals surface area contributed by atoms with Crippen molar-refractivity contribution >= 4 is 114 Å². The maximum atomic E-state index is 10.2. The van der Waals surface area contributed by atoms with Gasteiger partial charge in [0, 0.05) is 14.3 Å². The van der Waals surface area contributed by atoms with E-state index in [0.29, 0.717) is 0 Å². The summed E-state index contributed by atoms with van der Waals surface area (Å²) in [5.74, 6) is -4.51. The summed E-state index contributed by atoms with van der Waals surface area (Å²) in [7, 11) is 0. The van der Waals surface area contributed by atoms with Gasteiger partial charge in [0.2, 0.25) is 0 Å². The van der Waals surface area contributed by atoms with Crippen molar-refractivity contribution in [1.82, 2.24) is 0 Å². The number of ether oxygens (including phenoxy) is 12. The van der Waals surface area contributed by atoms with Gasteiger partial charge in [0.05, 0.1) is 182 Å². The van der Waals surface area contributed by atoms with Crippen LogP contribution < -0.4 is 20.4 Å². The molecule has 10 rings (SSSR count). The van der Waals surface area contributed by atoms with E-state index in [2.05, 4.69) is 0 Å². The van der Waals surface area contributed by atoms with Crippen LogP contribution in [0.5, 0.6) is 0 Å². The minimum Gasteiger partial charge on any atom is -0.545 e. The Balaban J connectivity index is 0. The van der Waals surface area contributed by atoms with Gasteiger partial charge < -0.3 is 96.4 Å². The van der Waals surface area contributed by atoms with E-state index >= 15 is 0 Å². The van der Waals surface area contributed by atoms with Gasteiger partial charge in [-0.05, 0) is 161 Å². The Morgan fingerprint density at radius 1 is 0.256 bits per heavy atom. The summed E-state index contributed by atoms with van der Waals surface area (Å²) in [6.45, 7) is 18.7. The number of hydrogen-bond acceptors (Lipinski definition) is 20. The Morgan fingerprint density at radius 3 is 0.436 bits per heavy atom. The summed E-state index contributed by atoms with van der Waals surface area (Å²) in [5.41, 5.74) is 0.914. The number of halogens is 4. The summed E-state index contributed by atoms with van der Waals surface area (Å²) in [4.78, 5) is 41.0. The number of rotatable bonds is 4. The predicted molar refractivity (Wildman–Crippen MR) is 304 cm³/mol. The molecule has 6 saturated heterocycles. The quantitative estimate of drug-likeness (QED) is 0.210. The van der Waals surface area contributed by atoms with Crippen LogP contribution in [0.15, 0.2) is 97.1 Å². The van der Waals surface area contributed by atoms with E-state index < -0.39 is 23.9 Å². The molecule has 4 aromatic carbocycles. The zero-order valence-electron chi connectivity index (χ0n) is 42.5. The van der Waals surface area contributed by atoms with E-state index in [0.717, 1.165) is 173 Å². The summed E-state index contributed by atoms with van der Waals surface area (Å²) in [5, 5.41) is 41.0. The monoisotopic (exact) mass is 1640 g/mol. The van der Waals surface area contributed by atoms with Crippen molar-refractivity contribution in [2.45, 2.75) is 0 Å². The molecular formula is C52H64Cu2I4O20. The van der Waals surface area contributed by atoms with E-state index in [1.807, 2.05) is 115 Å². The zero-order chi connectivity index (χ0) is 55.7. The molecule has 0 aliphatic carbocycles. The first-order valence-electron chi connectivity index (χ1n) is 23.6. The van der Waals surface area contributed by atoms with Crippen LogP contribution in [0.2, 0.25) is 0 Å². The average molecular weight is 1640 g/mol. The van der Waals surface area contributed by atoms with E-state index in [-0.39, 0.29) is 56.4 Å². The van der Waals surface area contributed by atoms with Crippen LogP contribution in [-0.4, -0.2) is 182 Å². The van der Waals surface area contributed by atoms with Crippen LogP contribution >= 0.6 is 90.4 Å². The van der Waals surface area contributed by atoms with Gasteiger partial charge in [-0.25, -0.2) is 0 Å². The van der Waals surface area contributed by atoms with Gasteiger partial charge in [-0.1, -0.05) is 48.5 Å². The molecule has 0 N–H and O–H groups in total. The number of carboxylic acid groups (broad SMARTS) is 4. The molecule has 26 heteroatoms. The van der Waals surface area contributed by atoms with Crippen LogP contribution in [0.4, 0.5) is 0 Å². The van der Waals surface area contributed by atoms with Crippen LogP contribution in [0.1, 0.15) is 41.4 Å². The van der Waals surface area contributed by atoms with Gasteiger partial charge in [0.1, 0.15) is 0 Å². The van der Waals surface area contributed by atoms with Crippen molar-refractivity contribution in [3.63, 3.8) is 0 Å². The Morgan fingerprint density at radius 2 is 0.372 bits per heavy atom. The third kappa shape index (κ3) is 48.9. The first kappa shape index (κ1) is 78.3. The van der Waals surface area contributed by atoms with Gasteiger partial charge in [0.15, 0.2) is 0 Å². The molecule has 6 aliphatic heterocycles. The normalized spacial score (nSPS) is 15.8. The second-order valence-electron chi connectivity index (χ2n) is 14.5. The molecular weight excluding hydrogens is 1580 g/mol. The minimum absolute atomic E-state index is 0. The molecule has 0 bridgehead atoms. The molecule has 0 amide bonds. The third-order valence-electron chi connectivity index (χ3n) is 8.71. The van der Waals surface area contributed by atoms with Crippen LogP contribution in [0.25, 0.3) is 0 Å². The smallest absolute Gasteiger partial charge is 0.545 e. The number of carboxylic acids is 4. The molecule has 0 aromatic heterocycles. The topological polar surface area (TPSA) is 271 Å². The zero-order valence-corrected chi connectivity index (χ0v) is 53.0. The number of aromatic carboxylic acids is 4. The van der Waals surface area contributed by atoms with E-state index in [1.54, 1.807) is 48.5 Å². The molecule has 6 fully saturated rings.